The first-order valence-electron chi connectivity index (χ1n) is 8.97. The van der Waals surface area contributed by atoms with E-state index in [4.69, 9.17) is 0 Å². The van der Waals surface area contributed by atoms with Crippen LogP contribution >= 0.6 is 0 Å². The number of hydrogen-bond acceptors (Lipinski definition) is 4. The van der Waals surface area contributed by atoms with E-state index >= 15 is 0 Å². The zero-order valence-electron chi connectivity index (χ0n) is 14.1. The summed E-state index contributed by atoms with van der Waals surface area (Å²) in [5, 5.41) is 3.13. The Morgan fingerprint density at radius 3 is 2.38 bits per heavy atom. The van der Waals surface area contributed by atoms with Crippen molar-refractivity contribution in [1.29, 1.82) is 0 Å². The Kier molecular flexibility index (Phi) is 5.67. The molecule has 2 heterocycles. The molecule has 1 saturated heterocycles. The second-order valence-electron chi connectivity index (χ2n) is 6.69. The molecule has 0 bridgehead atoms. The average molecular weight is 330 g/mol. The Hall–Kier alpha value is -2.11. The first kappa shape index (κ1) is 16.7. The van der Waals surface area contributed by atoms with Crippen molar-refractivity contribution in [1.82, 2.24) is 15.2 Å². The lowest BCUT2D eigenvalue weighted by atomic mass is 10.1. The van der Waals surface area contributed by atoms with Gasteiger partial charge in [0.25, 0.3) is 5.91 Å². The molecule has 2 fully saturated rings. The molecule has 1 aromatic heterocycles. The van der Waals surface area contributed by atoms with E-state index < -0.39 is 0 Å². The molecule has 0 aromatic carbocycles. The fourth-order valence-electron chi connectivity index (χ4n) is 3.48. The second kappa shape index (κ2) is 8.13. The van der Waals surface area contributed by atoms with E-state index in [0.717, 1.165) is 51.1 Å². The van der Waals surface area contributed by atoms with Gasteiger partial charge in [0.2, 0.25) is 6.41 Å². The lowest BCUT2D eigenvalue weighted by Gasteiger charge is -2.33. The van der Waals surface area contributed by atoms with E-state index in [2.05, 4.69) is 15.2 Å². The van der Waals surface area contributed by atoms with Gasteiger partial charge in [-0.2, -0.15) is 0 Å². The number of carbonyl (C=O) groups is 2. The van der Waals surface area contributed by atoms with Crippen LogP contribution in [0.4, 0.5) is 5.69 Å². The van der Waals surface area contributed by atoms with Crippen molar-refractivity contribution < 1.29 is 9.59 Å². The molecule has 1 aromatic rings. The second-order valence-corrected chi connectivity index (χ2v) is 6.69. The van der Waals surface area contributed by atoms with E-state index in [9.17, 15) is 9.59 Å². The quantitative estimate of drug-likeness (QED) is 0.675. The summed E-state index contributed by atoms with van der Waals surface area (Å²) in [6, 6.07) is 4.04. The third-order valence-electron chi connectivity index (χ3n) is 5.00. The van der Waals surface area contributed by atoms with Crippen molar-refractivity contribution in [2.75, 3.05) is 31.1 Å². The molecule has 0 unspecified atom stereocenters. The minimum atomic E-state index is -0.0702. The molecule has 2 aliphatic rings. The maximum absolute atomic E-state index is 12.4. The van der Waals surface area contributed by atoms with Crippen LogP contribution in [0, 0.1) is 0 Å². The first-order valence-corrected chi connectivity index (χ1v) is 8.97. The Balaban J connectivity index is 1.55. The van der Waals surface area contributed by atoms with Crippen LogP contribution < -0.4 is 10.2 Å². The summed E-state index contributed by atoms with van der Waals surface area (Å²) in [6.45, 7) is 3.06. The molecule has 1 saturated carbocycles. The predicted octanol–water partition coefficient (Wildman–Crippen LogP) is 1.81. The molecule has 3 rings (SSSR count). The highest BCUT2D eigenvalue weighted by molar-refractivity contribution is 5.92. The summed E-state index contributed by atoms with van der Waals surface area (Å²) in [5.41, 5.74) is 1.49. The summed E-state index contributed by atoms with van der Waals surface area (Å²) >= 11 is 0. The van der Waals surface area contributed by atoms with Crippen molar-refractivity contribution in [3.63, 3.8) is 0 Å². The predicted molar refractivity (Wildman–Crippen MR) is 93.0 cm³/mol. The van der Waals surface area contributed by atoms with Crippen LogP contribution in [0.25, 0.3) is 0 Å². The summed E-state index contributed by atoms with van der Waals surface area (Å²) in [7, 11) is 0. The topological polar surface area (TPSA) is 65.5 Å². The van der Waals surface area contributed by atoms with Gasteiger partial charge in [0.15, 0.2) is 0 Å². The van der Waals surface area contributed by atoms with Gasteiger partial charge in [-0.3, -0.25) is 9.59 Å². The molecule has 0 radical (unpaired) electrons. The minimum absolute atomic E-state index is 0.0702. The third kappa shape index (κ3) is 4.24. The largest absolute Gasteiger partial charge is 0.367 e. The van der Waals surface area contributed by atoms with Crippen LogP contribution in [-0.2, 0) is 4.79 Å². The van der Waals surface area contributed by atoms with E-state index in [0.29, 0.717) is 5.69 Å². The minimum Gasteiger partial charge on any atom is -0.367 e. The molecule has 0 spiro atoms. The van der Waals surface area contributed by atoms with Crippen molar-refractivity contribution in [3.8, 4) is 0 Å². The number of nitrogens with one attached hydrogen (secondary N) is 1. The Morgan fingerprint density at radius 2 is 1.79 bits per heavy atom. The highest BCUT2D eigenvalue weighted by Gasteiger charge is 2.18. The molecule has 0 atom stereocenters. The Bertz CT molecular complexity index is 545. The maximum Gasteiger partial charge on any atom is 0.270 e. The van der Waals surface area contributed by atoms with Gasteiger partial charge in [-0.05, 0) is 25.0 Å². The third-order valence-corrected chi connectivity index (χ3v) is 5.00. The number of anilines is 1. The van der Waals surface area contributed by atoms with Gasteiger partial charge in [0.05, 0.1) is 11.9 Å². The molecule has 6 heteroatoms. The van der Waals surface area contributed by atoms with Crippen LogP contribution in [0.15, 0.2) is 18.3 Å². The smallest absolute Gasteiger partial charge is 0.270 e. The number of aromatic nitrogens is 1. The van der Waals surface area contributed by atoms with Gasteiger partial charge < -0.3 is 15.1 Å². The van der Waals surface area contributed by atoms with Crippen molar-refractivity contribution >= 4 is 18.0 Å². The molecule has 130 valence electrons. The maximum atomic E-state index is 12.4. The lowest BCUT2D eigenvalue weighted by Crippen LogP contribution is -2.45. The summed E-state index contributed by atoms with van der Waals surface area (Å²) in [6.07, 6.45) is 9.76. The Morgan fingerprint density at radius 1 is 1.08 bits per heavy atom. The van der Waals surface area contributed by atoms with Crippen LogP contribution in [0.2, 0.25) is 0 Å². The zero-order chi connectivity index (χ0) is 16.8. The van der Waals surface area contributed by atoms with Gasteiger partial charge in [0.1, 0.15) is 5.69 Å². The highest BCUT2D eigenvalue weighted by atomic mass is 16.2. The first-order chi connectivity index (χ1) is 11.8. The number of piperazine rings is 1. The number of carbonyl (C=O) groups excluding carboxylic acids is 2. The fourth-order valence-corrected chi connectivity index (χ4v) is 3.48. The summed E-state index contributed by atoms with van der Waals surface area (Å²) < 4.78 is 0. The zero-order valence-corrected chi connectivity index (χ0v) is 14.1. The van der Waals surface area contributed by atoms with E-state index in [1.54, 1.807) is 17.2 Å². The molecule has 1 aliphatic carbocycles. The molecule has 2 amide bonds. The van der Waals surface area contributed by atoms with Gasteiger partial charge in [-0.1, -0.05) is 25.7 Å². The van der Waals surface area contributed by atoms with Crippen LogP contribution in [0.3, 0.4) is 0 Å². The SMILES string of the molecule is O=CN1CCN(c2ccc(C(=O)NC3CCCCCC3)nc2)CC1. The molecular formula is C18H26N4O2. The fraction of sp³-hybridized carbons (Fsp3) is 0.611. The van der Waals surface area contributed by atoms with E-state index in [1.165, 1.54) is 25.7 Å². The molecule has 6 nitrogen and oxygen atoms in total. The summed E-state index contributed by atoms with van der Waals surface area (Å²) in [4.78, 5) is 31.4. The van der Waals surface area contributed by atoms with Gasteiger partial charge in [-0.25, -0.2) is 4.98 Å². The number of hydrogen-bond donors (Lipinski definition) is 1. The number of amides is 2. The Labute approximate surface area is 143 Å². The van der Waals surface area contributed by atoms with Crippen molar-refractivity contribution in [2.45, 2.75) is 44.6 Å². The van der Waals surface area contributed by atoms with E-state index in [1.807, 2.05) is 6.07 Å². The molecule has 1 aliphatic heterocycles. The number of pyridine rings is 1. The number of nitrogens with zero attached hydrogens (tertiary/aromatic N) is 3. The standard InChI is InChI=1S/C18H26N4O2/c23-14-21-9-11-22(12-10-21)16-7-8-17(19-13-16)18(24)20-15-5-3-1-2-4-6-15/h7-8,13-15H,1-6,9-12H2,(H,20,24). The highest BCUT2D eigenvalue weighted by Crippen LogP contribution is 2.18. The van der Waals surface area contributed by atoms with Crippen molar-refractivity contribution in [3.05, 3.63) is 24.0 Å². The molecule has 24 heavy (non-hydrogen) atoms. The normalized spacial score (nSPS) is 19.7. The van der Waals surface area contributed by atoms with Gasteiger partial charge in [-0.15, -0.1) is 0 Å². The van der Waals surface area contributed by atoms with Crippen LogP contribution in [0.1, 0.15) is 49.0 Å². The molecular weight excluding hydrogens is 304 g/mol. The van der Waals surface area contributed by atoms with E-state index in [-0.39, 0.29) is 11.9 Å². The van der Waals surface area contributed by atoms with Crippen molar-refractivity contribution in [2.24, 2.45) is 0 Å². The lowest BCUT2D eigenvalue weighted by molar-refractivity contribution is -0.118. The summed E-state index contributed by atoms with van der Waals surface area (Å²) in [5.74, 6) is -0.0702. The van der Waals surface area contributed by atoms with Crippen LogP contribution in [0.5, 0.6) is 0 Å². The number of rotatable bonds is 4. The molecule has 1 N–H and O–H groups in total. The van der Waals surface area contributed by atoms with Gasteiger partial charge in [0, 0.05) is 32.2 Å². The average Bonchev–Trinajstić information content (AvgIpc) is 2.90. The van der Waals surface area contributed by atoms with Crippen LogP contribution in [-0.4, -0.2) is 54.4 Å². The van der Waals surface area contributed by atoms with Gasteiger partial charge >= 0.3 is 0 Å². The monoisotopic (exact) mass is 330 g/mol.